The number of hydrogen-bond donors (Lipinski definition) is 1. The van der Waals surface area contributed by atoms with Crippen LogP contribution in [0.1, 0.15) is 40.4 Å². The molecule has 1 N–H and O–H groups in total. The molecular formula is C20H18N2O3. The first-order chi connectivity index (χ1) is 12.1. The molecule has 0 bridgehead atoms. The Labute approximate surface area is 144 Å². The van der Waals surface area contributed by atoms with E-state index in [2.05, 4.69) is 0 Å². The minimum absolute atomic E-state index is 0.0466. The minimum Gasteiger partial charge on any atom is -0.392 e. The number of carbonyl (C=O) groups is 1. The second-order valence-electron chi connectivity index (χ2n) is 6.33. The standard InChI is InChI=1S/C20H18N2O3/c1-3-18(24)13-8-17-19-14(9-22(17)20(25)11(13)2)15(10-23)12-6-4-5-7-16(12)21-19/h4-8,23H,3,9-10H2,1-2H3. The Bertz CT molecular complexity index is 1100. The number of pyridine rings is 2. The highest BCUT2D eigenvalue weighted by Crippen LogP contribution is 2.35. The molecule has 0 unspecified atom stereocenters. The summed E-state index contributed by atoms with van der Waals surface area (Å²) in [4.78, 5) is 29.7. The van der Waals surface area contributed by atoms with Crippen LogP contribution in [0.5, 0.6) is 0 Å². The number of nitrogens with zero attached hydrogens (tertiary/aromatic N) is 2. The van der Waals surface area contributed by atoms with Crippen LogP contribution in [0.3, 0.4) is 0 Å². The smallest absolute Gasteiger partial charge is 0.255 e. The van der Waals surface area contributed by atoms with Crippen LogP contribution in [0.4, 0.5) is 0 Å². The molecule has 0 spiro atoms. The topological polar surface area (TPSA) is 72.2 Å². The van der Waals surface area contributed by atoms with Crippen LogP contribution >= 0.6 is 0 Å². The molecule has 1 aliphatic heterocycles. The van der Waals surface area contributed by atoms with E-state index in [1.54, 1.807) is 24.5 Å². The predicted octanol–water partition coefficient (Wildman–Crippen LogP) is 2.82. The highest BCUT2D eigenvalue weighted by atomic mass is 16.3. The Morgan fingerprint density at radius 2 is 2.08 bits per heavy atom. The molecule has 3 aromatic rings. The van der Waals surface area contributed by atoms with E-state index < -0.39 is 0 Å². The van der Waals surface area contributed by atoms with E-state index in [1.807, 2.05) is 24.3 Å². The minimum atomic E-state index is -0.166. The molecule has 5 heteroatoms. The molecule has 1 aromatic carbocycles. The number of benzene rings is 1. The van der Waals surface area contributed by atoms with Gasteiger partial charge in [-0.15, -0.1) is 0 Å². The van der Waals surface area contributed by atoms with Gasteiger partial charge in [0.1, 0.15) is 0 Å². The van der Waals surface area contributed by atoms with E-state index in [1.165, 1.54) is 0 Å². The number of rotatable bonds is 3. The van der Waals surface area contributed by atoms with Crippen molar-refractivity contribution in [2.75, 3.05) is 0 Å². The number of carbonyl (C=O) groups excluding carboxylic acids is 1. The Morgan fingerprint density at radius 1 is 1.32 bits per heavy atom. The first-order valence-electron chi connectivity index (χ1n) is 8.36. The molecule has 1 aliphatic rings. The van der Waals surface area contributed by atoms with E-state index in [-0.39, 0.29) is 17.9 Å². The third kappa shape index (κ3) is 2.16. The van der Waals surface area contributed by atoms with Gasteiger partial charge in [0, 0.05) is 28.5 Å². The zero-order valence-corrected chi connectivity index (χ0v) is 14.2. The first-order valence-corrected chi connectivity index (χ1v) is 8.36. The van der Waals surface area contributed by atoms with Crippen LogP contribution in [0.2, 0.25) is 0 Å². The third-order valence-corrected chi connectivity index (χ3v) is 4.99. The summed E-state index contributed by atoms with van der Waals surface area (Å²) in [6.07, 6.45) is 0.351. The Hall–Kier alpha value is -2.79. The highest BCUT2D eigenvalue weighted by molar-refractivity contribution is 5.98. The van der Waals surface area contributed by atoms with Gasteiger partial charge in [-0.2, -0.15) is 0 Å². The molecule has 25 heavy (non-hydrogen) atoms. The fourth-order valence-electron chi connectivity index (χ4n) is 3.62. The zero-order chi connectivity index (χ0) is 17.7. The number of hydrogen-bond acceptors (Lipinski definition) is 4. The van der Waals surface area contributed by atoms with Gasteiger partial charge in [0.15, 0.2) is 5.78 Å². The maximum Gasteiger partial charge on any atom is 0.255 e. The fourth-order valence-corrected chi connectivity index (χ4v) is 3.62. The van der Waals surface area contributed by atoms with E-state index in [0.717, 1.165) is 22.0 Å². The maximum atomic E-state index is 12.8. The summed E-state index contributed by atoms with van der Waals surface area (Å²) in [5.41, 5.74) is 4.54. The van der Waals surface area contributed by atoms with E-state index in [4.69, 9.17) is 4.98 Å². The molecule has 5 nitrogen and oxygen atoms in total. The molecule has 4 rings (SSSR count). The summed E-state index contributed by atoms with van der Waals surface area (Å²) in [5.74, 6) is -0.0466. The molecule has 0 fully saturated rings. The van der Waals surface area contributed by atoms with Gasteiger partial charge < -0.3 is 9.67 Å². The van der Waals surface area contributed by atoms with Crippen molar-refractivity contribution in [1.29, 1.82) is 0 Å². The lowest BCUT2D eigenvalue weighted by molar-refractivity contribution is 0.0987. The first kappa shape index (κ1) is 15.7. The number of Topliss-reactive ketones (excluding diaryl/α,β-unsaturated/α-hetero) is 1. The lowest BCUT2D eigenvalue weighted by atomic mass is 10.00. The normalized spacial score (nSPS) is 12.3. The number of aliphatic hydroxyl groups excluding tert-OH is 1. The Kier molecular flexibility index (Phi) is 3.54. The van der Waals surface area contributed by atoms with Crippen LogP contribution in [-0.4, -0.2) is 20.4 Å². The van der Waals surface area contributed by atoms with Crippen LogP contribution in [-0.2, 0) is 13.2 Å². The van der Waals surface area contributed by atoms with Gasteiger partial charge >= 0.3 is 0 Å². The lowest BCUT2D eigenvalue weighted by Crippen LogP contribution is -2.24. The summed E-state index contributed by atoms with van der Waals surface area (Å²) < 4.78 is 1.65. The molecule has 3 heterocycles. The van der Waals surface area contributed by atoms with Gasteiger partial charge in [-0.1, -0.05) is 25.1 Å². The van der Waals surface area contributed by atoms with Crippen molar-refractivity contribution < 1.29 is 9.90 Å². The molecular weight excluding hydrogens is 316 g/mol. The predicted molar refractivity (Wildman–Crippen MR) is 95.8 cm³/mol. The van der Waals surface area contributed by atoms with Crippen LogP contribution in [0, 0.1) is 6.92 Å². The van der Waals surface area contributed by atoms with Crippen LogP contribution in [0.15, 0.2) is 35.1 Å². The average molecular weight is 334 g/mol. The maximum absolute atomic E-state index is 12.8. The lowest BCUT2D eigenvalue weighted by Gasteiger charge is -2.09. The molecule has 0 radical (unpaired) electrons. The summed E-state index contributed by atoms with van der Waals surface area (Å²) in [7, 11) is 0. The fraction of sp³-hybridized carbons (Fsp3) is 0.250. The van der Waals surface area contributed by atoms with E-state index in [9.17, 15) is 14.7 Å². The van der Waals surface area contributed by atoms with Crippen molar-refractivity contribution >= 4 is 16.7 Å². The number of aromatic nitrogens is 2. The summed E-state index contributed by atoms with van der Waals surface area (Å²) in [6, 6.07) is 9.40. The monoisotopic (exact) mass is 334 g/mol. The van der Waals surface area contributed by atoms with Gasteiger partial charge in [-0.05, 0) is 24.6 Å². The number of fused-ring (bicyclic) bond motifs is 4. The Morgan fingerprint density at radius 3 is 2.80 bits per heavy atom. The van der Waals surface area contributed by atoms with E-state index >= 15 is 0 Å². The zero-order valence-electron chi connectivity index (χ0n) is 14.2. The van der Waals surface area contributed by atoms with Gasteiger partial charge in [-0.25, -0.2) is 4.98 Å². The molecule has 126 valence electrons. The van der Waals surface area contributed by atoms with Crippen molar-refractivity contribution in [3.05, 3.63) is 62.9 Å². The third-order valence-electron chi connectivity index (χ3n) is 4.99. The molecule has 0 atom stereocenters. The number of para-hydroxylation sites is 1. The second-order valence-corrected chi connectivity index (χ2v) is 6.33. The van der Waals surface area contributed by atoms with Crippen molar-refractivity contribution in [2.24, 2.45) is 0 Å². The van der Waals surface area contributed by atoms with E-state index in [0.29, 0.717) is 35.5 Å². The average Bonchev–Trinajstić information content (AvgIpc) is 3.00. The summed E-state index contributed by atoms with van der Waals surface area (Å²) in [5, 5.41) is 10.8. The Balaban J connectivity index is 2.07. The highest BCUT2D eigenvalue weighted by Gasteiger charge is 2.27. The number of ketones is 1. The second kappa shape index (κ2) is 5.63. The quantitative estimate of drug-likeness (QED) is 0.585. The van der Waals surface area contributed by atoms with Gasteiger partial charge in [-0.3, -0.25) is 9.59 Å². The van der Waals surface area contributed by atoms with Gasteiger partial charge in [0.25, 0.3) is 5.56 Å². The van der Waals surface area contributed by atoms with Crippen molar-refractivity contribution in [3.8, 4) is 11.4 Å². The molecule has 0 saturated carbocycles. The summed E-state index contributed by atoms with van der Waals surface area (Å²) >= 11 is 0. The van der Waals surface area contributed by atoms with Gasteiger partial charge in [0.05, 0.1) is 30.1 Å². The number of aliphatic hydroxyl groups is 1. The largest absolute Gasteiger partial charge is 0.392 e. The molecule has 0 aliphatic carbocycles. The van der Waals surface area contributed by atoms with Crippen LogP contribution in [0.25, 0.3) is 22.3 Å². The van der Waals surface area contributed by atoms with Crippen molar-refractivity contribution in [1.82, 2.24) is 9.55 Å². The molecule has 2 aromatic heterocycles. The molecule has 0 saturated heterocycles. The van der Waals surface area contributed by atoms with Crippen LogP contribution < -0.4 is 5.56 Å². The van der Waals surface area contributed by atoms with Crippen molar-refractivity contribution in [2.45, 2.75) is 33.4 Å². The SMILES string of the molecule is CCC(=O)c1cc2n(c(=O)c1C)Cc1c-2nc2ccccc2c1CO. The van der Waals surface area contributed by atoms with Gasteiger partial charge in [0.2, 0.25) is 0 Å². The summed E-state index contributed by atoms with van der Waals surface area (Å²) in [6.45, 7) is 3.74. The molecule has 0 amide bonds. The van der Waals surface area contributed by atoms with Crippen molar-refractivity contribution in [3.63, 3.8) is 0 Å².